The number of anilines is 1. The fourth-order valence-corrected chi connectivity index (χ4v) is 2.67. The first kappa shape index (κ1) is 13.9. The Bertz CT molecular complexity index is 433. The second-order valence-electron chi connectivity index (χ2n) is 5.28. The monoisotopic (exact) mass is 261 g/mol. The van der Waals surface area contributed by atoms with Gasteiger partial charge in [0.25, 0.3) is 5.91 Å². The highest BCUT2D eigenvalue weighted by Gasteiger charge is 2.18. The average molecular weight is 261 g/mol. The van der Waals surface area contributed by atoms with E-state index >= 15 is 0 Å². The van der Waals surface area contributed by atoms with Gasteiger partial charge in [-0.1, -0.05) is 12.1 Å². The molecule has 1 heterocycles. The van der Waals surface area contributed by atoms with Crippen LogP contribution < -0.4 is 10.6 Å². The molecule has 1 fully saturated rings. The average Bonchev–Trinajstić information content (AvgIpc) is 2.45. The summed E-state index contributed by atoms with van der Waals surface area (Å²) in [5, 5.41) is 6.11. The summed E-state index contributed by atoms with van der Waals surface area (Å²) in [5.74, 6) is 0.586. The molecule has 0 aromatic heterocycles. The van der Waals surface area contributed by atoms with Crippen LogP contribution in [0.25, 0.3) is 0 Å². The van der Waals surface area contributed by atoms with Crippen LogP contribution in [0.4, 0.5) is 5.69 Å². The van der Waals surface area contributed by atoms with Crippen molar-refractivity contribution in [2.24, 2.45) is 5.92 Å². The summed E-state index contributed by atoms with van der Waals surface area (Å²) in [6.07, 6.45) is 2.43. The number of nitrogens with one attached hydrogen (secondary N) is 2. The van der Waals surface area contributed by atoms with Crippen LogP contribution in [0.3, 0.4) is 0 Å². The lowest BCUT2D eigenvalue weighted by atomic mass is 9.98. The first-order chi connectivity index (χ1) is 9.20. The molecule has 1 aliphatic rings. The second-order valence-corrected chi connectivity index (χ2v) is 5.28. The molecule has 4 nitrogen and oxygen atoms in total. The number of carbonyl (C=O) groups excluding carboxylic acids is 1. The second kappa shape index (κ2) is 6.57. The van der Waals surface area contributed by atoms with Gasteiger partial charge in [0, 0.05) is 25.8 Å². The van der Waals surface area contributed by atoms with Crippen LogP contribution in [0.1, 0.15) is 23.2 Å². The van der Waals surface area contributed by atoms with Crippen LogP contribution >= 0.6 is 0 Å². The van der Waals surface area contributed by atoms with Crippen LogP contribution in [0, 0.1) is 5.92 Å². The molecule has 0 spiro atoms. The van der Waals surface area contributed by atoms with Crippen LogP contribution in [0.5, 0.6) is 0 Å². The smallest absolute Gasteiger partial charge is 0.253 e. The molecular weight excluding hydrogens is 238 g/mol. The molecule has 1 aromatic carbocycles. The lowest BCUT2D eigenvalue weighted by Gasteiger charge is -2.29. The van der Waals surface area contributed by atoms with Gasteiger partial charge >= 0.3 is 0 Å². The molecule has 1 aromatic rings. The molecule has 0 aliphatic carbocycles. The van der Waals surface area contributed by atoms with Crippen molar-refractivity contribution in [1.29, 1.82) is 0 Å². The summed E-state index contributed by atoms with van der Waals surface area (Å²) in [7, 11) is 3.98. The van der Waals surface area contributed by atoms with E-state index in [9.17, 15) is 4.79 Å². The Labute approximate surface area is 115 Å². The van der Waals surface area contributed by atoms with Gasteiger partial charge in [-0.2, -0.15) is 0 Å². The molecule has 2 rings (SSSR count). The third kappa shape index (κ3) is 3.70. The van der Waals surface area contributed by atoms with Gasteiger partial charge in [-0.05, 0) is 44.5 Å². The van der Waals surface area contributed by atoms with Crippen molar-refractivity contribution in [2.75, 3.05) is 39.0 Å². The molecule has 0 bridgehead atoms. The fraction of sp³-hybridized carbons (Fsp3) is 0.533. The van der Waals surface area contributed by atoms with Gasteiger partial charge in [0.2, 0.25) is 0 Å². The van der Waals surface area contributed by atoms with Gasteiger partial charge in [-0.3, -0.25) is 4.79 Å². The Balaban J connectivity index is 1.90. The Morgan fingerprint density at radius 3 is 2.95 bits per heavy atom. The summed E-state index contributed by atoms with van der Waals surface area (Å²) in [6, 6.07) is 7.60. The molecule has 0 saturated carbocycles. The highest BCUT2D eigenvalue weighted by atomic mass is 16.1. The highest BCUT2D eigenvalue weighted by molar-refractivity contribution is 5.99. The van der Waals surface area contributed by atoms with Crippen LogP contribution in [-0.4, -0.2) is 44.5 Å². The number of hydrogen-bond donors (Lipinski definition) is 2. The number of rotatable bonds is 4. The number of para-hydroxylation sites is 1. The molecule has 2 N–H and O–H groups in total. The largest absolute Gasteiger partial charge is 0.387 e. The van der Waals surface area contributed by atoms with E-state index in [1.54, 1.807) is 0 Å². The number of carbonyl (C=O) groups is 1. The van der Waals surface area contributed by atoms with Gasteiger partial charge in [-0.15, -0.1) is 0 Å². The standard InChI is InChI=1S/C15H23N3O/c1-16-14-8-4-3-7-13(14)15(19)17-10-12-6-5-9-18(2)11-12/h3-4,7-8,12,16H,5-6,9-11H2,1-2H3,(H,17,19)/t12-/m1/s1. The van der Waals surface area contributed by atoms with Crippen molar-refractivity contribution in [3.05, 3.63) is 29.8 Å². The number of benzene rings is 1. The third-order valence-electron chi connectivity index (χ3n) is 3.71. The Morgan fingerprint density at radius 2 is 2.21 bits per heavy atom. The van der Waals surface area contributed by atoms with Crippen molar-refractivity contribution >= 4 is 11.6 Å². The van der Waals surface area contributed by atoms with Gasteiger partial charge in [0.15, 0.2) is 0 Å². The number of piperidine rings is 1. The normalized spacial score (nSPS) is 20.0. The Kier molecular flexibility index (Phi) is 4.80. The highest BCUT2D eigenvalue weighted by Crippen LogP contribution is 2.16. The van der Waals surface area contributed by atoms with Crippen LogP contribution in [0.15, 0.2) is 24.3 Å². The minimum absolute atomic E-state index is 0.0122. The predicted octanol–water partition coefficient (Wildman–Crippen LogP) is 1.80. The maximum absolute atomic E-state index is 12.2. The summed E-state index contributed by atoms with van der Waals surface area (Å²) >= 11 is 0. The summed E-state index contributed by atoms with van der Waals surface area (Å²) in [5.41, 5.74) is 1.59. The van der Waals surface area contributed by atoms with Crippen LogP contribution in [0.2, 0.25) is 0 Å². The molecule has 1 aliphatic heterocycles. The van der Waals surface area contributed by atoms with E-state index in [0.29, 0.717) is 11.5 Å². The number of amides is 1. The lowest BCUT2D eigenvalue weighted by molar-refractivity contribution is 0.0937. The summed E-state index contributed by atoms with van der Waals surface area (Å²) in [6.45, 7) is 3.02. The third-order valence-corrected chi connectivity index (χ3v) is 3.71. The van der Waals surface area contributed by atoms with E-state index in [1.165, 1.54) is 19.4 Å². The number of nitrogens with zero attached hydrogens (tertiary/aromatic N) is 1. The van der Waals surface area contributed by atoms with Crippen molar-refractivity contribution in [3.63, 3.8) is 0 Å². The molecule has 19 heavy (non-hydrogen) atoms. The molecule has 1 atom stereocenters. The van der Waals surface area contributed by atoms with E-state index in [2.05, 4.69) is 22.6 Å². The van der Waals surface area contributed by atoms with Crippen LogP contribution in [-0.2, 0) is 0 Å². The van der Waals surface area contributed by atoms with Crippen molar-refractivity contribution in [3.8, 4) is 0 Å². The van der Waals surface area contributed by atoms with E-state index in [0.717, 1.165) is 18.8 Å². The lowest BCUT2D eigenvalue weighted by Crippen LogP contribution is -2.39. The van der Waals surface area contributed by atoms with Crippen molar-refractivity contribution in [1.82, 2.24) is 10.2 Å². The number of likely N-dealkylation sites (tertiary alicyclic amines) is 1. The maximum atomic E-state index is 12.2. The maximum Gasteiger partial charge on any atom is 0.253 e. The van der Waals surface area contributed by atoms with Gasteiger partial charge < -0.3 is 15.5 Å². The quantitative estimate of drug-likeness (QED) is 0.868. The minimum atomic E-state index is 0.0122. The zero-order valence-electron chi connectivity index (χ0n) is 11.8. The molecule has 0 radical (unpaired) electrons. The van der Waals surface area contributed by atoms with Crippen molar-refractivity contribution < 1.29 is 4.79 Å². The summed E-state index contributed by atoms with van der Waals surface area (Å²) < 4.78 is 0. The van der Waals surface area contributed by atoms with E-state index in [4.69, 9.17) is 0 Å². The molecule has 1 saturated heterocycles. The summed E-state index contributed by atoms with van der Waals surface area (Å²) in [4.78, 5) is 14.5. The zero-order valence-corrected chi connectivity index (χ0v) is 11.8. The zero-order chi connectivity index (χ0) is 13.7. The first-order valence-corrected chi connectivity index (χ1v) is 6.94. The first-order valence-electron chi connectivity index (χ1n) is 6.94. The van der Waals surface area contributed by atoms with Gasteiger partial charge in [-0.25, -0.2) is 0 Å². The van der Waals surface area contributed by atoms with E-state index in [-0.39, 0.29) is 5.91 Å². The van der Waals surface area contributed by atoms with E-state index < -0.39 is 0 Å². The number of hydrogen-bond acceptors (Lipinski definition) is 3. The Hall–Kier alpha value is -1.55. The molecule has 4 heteroatoms. The van der Waals surface area contributed by atoms with Gasteiger partial charge in [0.05, 0.1) is 5.56 Å². The SMILES string of the molecule is CNc1ccccc1C(=O)NC[C@H]1CCCN(C)C1. The molecule has 1 amide bonds. The molecule has 0 unspecified atom stereocenters. The molecular formula is C15H23N3O. The molecule has 104 valence electrons. The Morgan fingerprint density at radius 1 is 1.42 bits per heavy atom. The van der Waals surface area contributed by atoms with Crippen molar-refractivity contribution in [2.45, 2.75) is 12.8 Å². The minimum Gasteiger partial charge on any atom is -0.387 e. The van der Waals surface area contributed by atoms with E-state index in [1.807, 2.05) is 31.3 Å². The topological polar surface area (TPSA) is 44.4 Å². The predicted molar refractivity (Wildman–Crippen MR) is 78.5 cm³/mol. The van der Waals surface area contributed by atoms with Gasteiger partial charge in [0.1, 0.15) is 0 Å². The fourth-order valence-electron chi connectivity index (χ4n) is 2.67.